The molecule has 0 spiro atoms. The highest BCUT2D eigenvalue weighted by molar-refractivity contribution is 5.68. The van der Waals surface area contributed by atoms with E-state index in [0.29, 0.717) is 18.9 Å². The van der Waals surface area contributed by atoms with Crippen molar-refractivity contribution in [1.82, 2.24) is 4.98 Å². The normalized spacial score (nSPS) is 15.6. The van der Waals surface area contributed by atoms with E-state index < -0.39 is 5.97 Å². The highest BCUT2D eigenvalue weighted by atomic mass is 16.5. The summed E-state index contributed by atoms with van der Waals surface area (Å²) in [6.45, 7) is 9.04. The van der Waals surface area contributed by atoms with Crippen LogP contribution in [0.1, 0.15) is 67.7 Å². The highest BCUT2D eigenvalue weighted by Gasteiger charge is 2.25. The summed E-state index contributed by atoms with van der Waals surface area (Å²) in [4.78, 5) is 15.7. The SMILES string of the molecule is Cc1oc(-c2ccc(C(C)(C)C)cc2)nc1CCOc1ccc2c(c1)CC[C@H]2CC(=O)O. The molecule has 5 heteroatoms. The quantitative estimate of drug-likeness (QED) is 0.489. The number of aliphatic carboxylic acids is 1. The topological polar surface area (TPSA) is 72.6 Å². The zero-order chi connectivity index (χ0) is 22.9. The van der Waals surface area contributed by atoms with Gasteiger partial charge in [-0.2, -0.15) is 0 Å². The number of carboxylic acid groups (broad SMARTS) is 1. The fourth-order valence-corrected chi connectivity index (χ4v) is 4.36. The van der Waals surface area contributed by atoms with Crippen LogP contribution in [0.2, 0.25) is 0 Å². The first kappa shape index (κ1) is 22.1. The van der Waals surface area contributed by atoms with Gasteiger partial charge in [0, 0.05) is 12.0 Å². The van der Waals surface area contributed by atoms with E-state index in [4.69, 9.17) is 19.2 Å². The molecule has 0 saturated carbocycles. The Morgan fingerprint density at radius 2 is 1.94 bits per heavy atom. The van der Waals surface area contributed by atoms with Crippen LogP contribution in [0, 0.1) is 6.92 Å². The summed E-state index contributed by atoms with van der Waals surface area (Å²) in [5.74, 6) is 1.65. The van der Waals surface area contributed by atoms with Crippen molar-refractivity contribution in [2.24, 2.45) is 0 Å². The molecule has 1 N–H and O–H groups in total. The Labute approximate surface area is 189 Å². The number of carbonyl (C=O) groups is 1. The van der Waals surface area contributed by atoms with Gasteiger partial charge in [0.1, 0.15) is 11.5 Å². The first-order valence-electron chi connectivity index (χ1n) is 11.3. The third-order valence-electron chi connectivity index (χ3n) is 6.24. The van der Waals surface area contributed by atoms with E-state index in [2.05, 4.69) is 51.1 Å². The maximum absolute atomic E-state index is 11.0. The average molecular weight is 434 g/mol. The van der Waals surface area contributed by atoms with E-state index in [9.17, 15) is 4.79 Å². The number of hydrogen-bond acceptors (Lipinski definition) is 4. The Kier molecular flexibility index (Phi) is 6.09. The van der Waals surface area contributed by atoms with E-state index in [-0.39, 0.29) is 17.8 Å². The lowest BCUT2D eigenvalue weighted by Crippen LogP contribution is -2.10. The number of aromatic nitrogens is 1. The van der Waals surface area contributed by atoms with Crippen LogP contribution in [0.3, 0.4) is 0 Å². The number of carboxylic acids is 1. The number of nitrogens with zero attached hydrogens (tertiary/aromatic N) is 1. The number of oxazole rings is 1. The van der Waals surface area contributed by atoms with Gasteiger partial charge in [0.2, 0.25) is 5.89 Å². The van der Waals surface area contributed by atoms with E-state index in [1.165, 1.54) is 11.1 Å². The molecule has 0 radical (unpaired) electrons. The third-order valence-corrected chi connectivity index (χ3v) is 6.24. The Bertz CT molecular complexity index is 1110. The molecule has 5 nitrogen and oxygen atoms in total. The maximum atomic E-state index is 11.0. The molecule has 0 saturated heterocycles. The van der Waals surface area contributed by atoms with Crippen LogP contribution in [-0.4, -0.2) is 22.7 Å². The minimum absolute atomic E-state index is 0.113. The van der Waals surface area contributed by atoms with Crippen molar-refractivity contribution < 1.29 is 19.1 Å². The van der Waals surface area contributed by atoms with Gasteiger partial charge < -0.3 is 14.3 Å². The number of rotatable bonds is 7. The lowest BCUT2D eigenvalue weighted by Gasteiger charge is -2.18. The zero-order valence-electron chi connectivity index (χ0n) is 19.3. The maximum Gasteiger partial charge on any atom is 0.303 e. The molecule has 168 valence electrons. The van der Waals surface area contributed by atoms with Gasteiger partial charge in [-0.1, -0.05) is 39.0 Å². The van der Waals surface area contributed by atoms with Gasteiger partial charge in [-0.15, -0.1) is 0 Å². The van der Waals surface area contributed by atoms with E-state index in [0.717, 1.165) is 41.2 Å². The second-order valence-electron chi connectivity index (χ2n) is 9.64. The Morgan fingerprint density at radius 3 is 2.62 bits per heavy atom. The predicted octanol–water partition coefficient (Wildman–Crippen LogP) is 6.07. The third kappa shape index (κ3) is 4.87. The standard InChI is InChI=1S/C27H31NO4/c1-17-24(28-26(32-17)18-7-9-21(10-8-18)27(2,3)4)13-14-31-22-11-12-23-19(15-22)5-6-20(23)16-25(29)30/h7-12,15,20H,5-6,13-14,16H2,1-4H3,(H,29,30)/t20-/m0/s1. The largest absolute Gasteiger partial charge is 0.493 e. The predicted molar refractivity (Wildman–Crippen MR) is 124 cm³/mol. The molecule has 4 rings (SSSR count). The van der Waals surface area contributed by atoms with Gasteiger partial charge in [-0.3, -0.25) is 4.79 Å². The zero-order valence-corrected chi connectivity index (χ0v) is 19.3. The Hall–Kier alpha value is -3.08. The second kappa shape index (κ2) is 8.81. The molecule has 1 atom stereocenters. The minimum Gasteiger partial charge on any atom is -0.493 e. The van der Waals surface area contributed by atoms with Crippen molar-refractivity contribution in [2.75, 3.05) is 6.61 Å². The molecule has 1 aliphatic carbocycles. The van der Waals surface area contributed by atoms with Crippen molar-refractivity contribution in [1.29, 1.82) is 0 Å². The van der Waals surface area contributed by atoms with Gasteiger partial charge in [0.25, 0.3) is 0 Å². The van der Waals surface area contributed by atoms with Crippen LogP contribution in [-0.2, 0) is 23.1 Å². The van der Waals surface area contributed by atoms with Crippen molar-refractivity contribution in [2.45, 2.75) is 64.7 Å². The smallest absolute Gasteiger partial charge is 0.303 e. The van der Waals surface area contributed by atoms with Crippen LogP contribution in [0.4, 0.5) is 0 Å². The fraction of sp³-hybridized carbons (Fsp3) is 0.407. The number of ether oxygens (including phenoxy) is 1. The van der Waals surface area contributed by atoms with Crippen molar-refractivity contribution in [3.8, 4) is 17.2 Å². The molecule has 1 heterocycles. The summed E-state index contributed by atoms with van der Waals surface area (Å²) in [6, 6.07) is 14.4. The van der Waals surface area contributed by atoms with Gasteiger partial charge in [0.05, 0.1) is 18.7 Å². The lowest BCUT2D eigenvalue weighted by atomic mass is 9.87. The molecule has 2 aromatic carbocycles. The molecule has 1 aromatic heterocycles. The summed E-state index contributed by atoms with van der Waals surface area (Å²) in [5.41, 5.74) is 5.62. The minimum atomic E-state index is -0.740. The first-order valence-corrected chi connectivity index (χ1v) is 11.3. The monoisotopic (exact) mass is 433 g/mol. The van der Waals surface area contributed by atoms with Crippen LogP contribution in [0.5, 0.6) is 5.75 Å². The molecular weight excluding hydrogens is 402 g/mol. The van der Waals surface area contributed by atoms with Crippen LogP contribution in [0.15, 0.2) is 46.9 Å². The second-order valence-corrected chi connectivity index (χ2v) is 9.64. The summed E-state index contributed by atoms with van der Waals surface area (Å²) >= 11 is 0. The molecular formula is C27H31NO4. The van der Waals surface area contributed by atoms with Gasteiger partial charge >= 0.3 is 5.97 Å². The van der Waals surface area contributed by atoms with Crippen LogP contribution >= 0.6 is 0 Å². The van der Waals surface area contributed by atoms with E-state index in [1.54, 1.807) is 0 Å². The van der Waals surface area contributed by atoms with Gasteiger partial charge in [-0.05, 0) is 72.1 Å². The van der Waals surface area contributed by atoms with Crippen molar-refractivity contribution >= 4 is 5.97 Å². The average Bonchev–Trinajstić information content (AvgIpc) is 3.30. The van der Waals surface area contributed by atoms with Gasteiger partial charge in [0.15, 0.2) is 0 Å². The van der Waals surface area contributed by atoms with Crippen molar-refractivity contribution in [3.05, 3.63) is 70.6 Å². The lowest BCUT2D eigenvalue weighted by molar-refractivity contribution is -0.137. The molecule has 0 bridgehead atoms. The molecule has 0 unspecified atom stereocenters. The van der Waals surface area contributed by atoms with Gasteiger partial charge in [-0.25, -0.2) is 4.98 Å². The Balaban J connectivity index is 1.37. The summed E-state index contributed by atoms with van der Waals surface area (Å²) in [6.07, 6.45) is 2.65. The van der Waals surface area contributed by atoms with E-state index >= 15 is 0 Å². The first-order chi connectivity index (χ1) is 15.2. The van der Waals surface area contributed by atoms with Crippen molar-refractivity contribution in [3.63, 3.8) is 0 Å². The van der Waals surface area contributed by atoms with E-state index in [1.807, 2.05) is 19.1 Å². The summed E-state index contributed by atoms with van der Waals surface area (Å²) in [7, 11) is 0. The highest BCUT2D eigenvalue weighted by Crippen LogP contribution is 2.37. The molecule has 0 aliphatic heterocycles. The number of fused-ring (bicyclic) bond motifs is 1. The number of benzene rings is 2. The summed E-state index contributed by atoms with van der Waals surface area (Å²) in [5, 5.41) is 9.08. The molecule has 32 heavy (non-hydrogen) atoms. The number of aryl methyl sites for hydroxylation is 2. The van der Waals surface area contributed by atoms with Crippen LogP contribution in [0.25, 0.3) is 11.5 Å². The fourth-order valence-electron chi connectivity index (χ4n) is 4.36. The summed E-state index contributed by atoms with van der Waals surface area (Å²) < 4.78 is 11.9. The number of hydrogen-bond donors (Lipinski definition) is 1. The Morgan fingerprint density at radius 1 is 1.19 bits per heavy atom. The van der Waals surface area contributed by atoms with Crippen LogP contribution < -0.4 is 4.74 Å². The molecule has 1 aliphatic rings. The molecule has 0 fully saturated rings. The molecule has 0 amide bonds. The molecule has 3 aromatic rings.